The third-order valence-electron chi connectivity index (χ3n) is 4.82. The van der Waals surface area contributed by atoms with Crippen LogP contribution in [0.15, 0.2) is 41.8 Å². The van der Waals surface area contributed by atoms with Crippen LogP contribution in [0.2, 0.25) is 0 Å². The Morgan fingerprint density at radius 3 is 2.79 bits per heavy atom. The van der Waals surface area contributed by atoms with Crippen molar-refractivity contribution in [2.45, 2.75) is 32.6 Å². The number of morpholine rings is 1. The van der Waals surface area contributed by atoms with E-state index in [4.69, 9.17) is 4.74 Å². The van der Waals surface area contributed by atoms with E-state index in [1.54, 1.807) is 23.5 Å². The second-order valence-electron chi connectivity index (χ2n) is 7.27. The molecule has 1 aromatic carbocycles. The van der Waals surface area contributed by atoms with Crippen LogP contribution in [0.1, 0.15) is 29.9 Å². The van der Waals surface area contributed by atoms with Crippen molar-refractivity contribution in [3.05, 3.63) is 58.9 Å². The highest BCUT2D eigenvalue weighted by Crippen LogP contribution is 2.25. The number of H-pyrrole nitrogens is 1. The van der Waals surface area contributed by atoms with Gasteiger partial charge in [-0.2, -0.15) is 5.10 Å². The molecule has 2 unspecified atom stereocenters. The summed E-state index contributed by atoms with van der Waals surface area (Å²) in [6.07, 6.45) is 0.120. The van der Waals surface area contributed by atoms with Gasteiger partial charge in [-0.3, -0.25) is 9.89 Å². The minimum absolute atomic E-state index is 0.0602. The van der Waals surface area contributed by atoms with Crippen LogP contribution in [-0.4, -0.2) is 41.4 Å². The van der Waals surface area contributed by atoms with Gasteiger partial charge in [-0.1, -0.05) is 12.1 Å². The first kappa shape index (κ1) is 19.6. The number of benzene rings is 1. The van der Waals surface area contributed by atoms with E-state index in [0.717, 1.165) is 10.6 Å². The first-order valence-corrected chi connectivity index (χ1v) is 10.4. The van der Waals surface area contributed by atoms with Gasteiger partial charge < -0.3 is 15.0 Å². The quantitative estimate of drug-likeness (QED) is 0.666. The van der Waals surface area contributed by atoms with E-state index in [1.807, 2.05) is 42.3 Å². The molecule has 0 saturated carbocycles. The highest BCUT2D eigenvalue weighted by molar-refractivity contribution is 7.13. The van der Waals surface area contributed by atoms with E-state index in [2.05, 4.69) is 15.5 Å². The lowest BCUT2D eigenvalue weighted by Crippen LogP contribution is -2.45. The Kier molecular flexibility index (Phi) is 5.64. The van der Waals surface area contributed by atoms with Gasteiger partial charge in [0.2, 0.25) is 0 Å². The maximum atomic E-state index is 14.7. The van der Waals surface area contributed by atoms with Crippen molar-refractivity contribution >= 4 is 22.9 Å². The fraction of sp³-hybridized carbons (Fsp3) is 0.333. The van der Waals surface area contributed by atoms with Crippen molar-refractivity contribution in [2.24, 2.45) is 0 Å². The topological polar surface area (TPSA) is 70.2 Å². The smallest absolute Gasteiger partial charge is 0.272 e. The second-order valence-corrected chi connectivity index (χ2v) is 8.22. The van der Waals surface area contributed by atoms with Gasteiger partial charge in [-0.15, -0.1) is 11.3 Å². The van der Waals surface area contributed by atoms with E-state index in [-0.39, 0.29) is 30.5 Å². The fourth-order valence-electron chi connectivity index (χ4n) is 3.56. The predicted molar refractivity (Wildman–Crippen MR) is 112 cm³/mol. The first-order chi connectivity index (χ1) is 14.0. The Morgan fingerprint density at radius 2 is 2.10 bits per heavy atom. The van der Waals surface area contributed by atoms with E-state index in [9.17, 15) is 9.18 Å². The summed E-state index contributed by atoms with van der Waals surface area (Å²) in [5, 5.41) is 11.7. The van der Waals surface area contributed by atoms with Crippen molar-refractivity contribution in [1.82, 2.24) is 15.5 Å². The molecule has 2 atom stereocenters. The van der Waals surface area contributed by atoms with Gasteiger partial charge in [-0.05, 0) is 49.1 Å². The summed E-state index contributed by atoms with van der Waals surface area (Å²) in [7, 11) is 0. The number of aromatic nitrogens is 2. The number of carbonyl (C=O) groups is 1. The summed E-state index contributed by atoms with van der Waals surface area (Å²) < 4.78 is 20.4. The molecule has 0 bridgehead atoms. The van der Waals surface area contributed by atoms with Gasteiger partial charge >= 0.3 is 0 Å². The molecular formula is C21H23FN4O2S. The van der Waals surface area contributed by atoms with Crippen LogP contribution in [0.4, 0.5) is 10.1 Å². The van der Waals surface area contributed by atoms with Gasteiger partial charge in [0, 0.05) is 19.6 Å². The minimum Gasteiger partial charge on any atom is -0.372 e. The van der Waals surface area contributed by atoms with E-state index >= 15 is 0 Å². The molecule has 1 aliphatic rings. The molecule has 3 aromatic rings. The third kappa shape index (κ3) is 4.49. The molecule has 1 fully saturated rings. The number of nitrogens with zero attached hydrogens (tertiary/aromatic N) is 2. The Balaban J connectivity index is 1.39. The maximum Gasteiger partial charge on any atom is 0.272 e. The molecule has 29 heavy (non-hydrogen) atoms. The summed E-state index contributed by atoms with van der Waals surface area (Å²) in [6, 6.07) is 10.7. The largest absolute Gasteiger partial charge is 0.372 e. The molecular weight excluding hydrogens is 391 g/mol. The molecule has 152 valence electrons. The molecule has 1 aliphatic heterocycles. The maximum absolute atomic E-state index is 14.7. The molecule has 0 radical (unpaired) electrons. The molecule has 2 N–H and O–H groups in total. The zero-order valence-electron chi connectivity index (χ0n) is 16.3. The lowest BCUT2D eigenvalue weighted by Gasteiger charge is -2.37. The number of hydrogen-bond donors (Lipinski definition) is 2. The van der Waals surface area contributed by atoms with Gasteiger partial charge in [-0.25, -0.2) is 4.39 Å². The fourth-order valence-corrected chi connectivity index (χ4v) is 4.25. The van der Waals surface area contributed by atoms with Gasteiger partial charge in [0.1, 0.15) is 5.82 Å². The Bertz CT molecular complexity index is 978. The Hall–Kier alpha value is -2.71. The average molecular weight is 415 g/mol. The highest BCUT2D eigenvalue weighted by Gasteiger charge is 2.24. The number of carbonyl (C=O) groups excluding carboxylic acids is 1. The SMILES string of the molecule is CC1CN(c2ccc(CNC(=O)c3cc(-c4cccs4)[nH]n3)cc2F)CC(C)O1. The standard InChI is InChI=1S/C21H23FN4O2S/c1-13-11-26(12-14(2)28-13)19-6-5-15(8-16(19)22)10-23-21(27)18-9-17(24-25-18)20-4-3-7-29-20/h3-9,13-14H,10-12H2,1-2H3,(H,23,27)(H,24,25). The van der Waals surface area contributed by atoms with E-state index < -0.39 is 0 Å². The minimum atomic E-state index is -0.302. The molecule has 0 aliphatic carbocycles. The zero-order valence-corrected chi connectivity index (χ0v) is 17.1. The van der Waals surface area contributed by atoms with Gasteiger partial charge in [0.05, 0.1) is 28.5 Å². The number of anilines is 1. The summed E-state index contributed by atoms with van der Waals surface area (Å²) in [6.45, 7) is 5.52. The van der Waals surface area contributed by atoms with Gasteiger partial charge in [0.25, 0.3) is 5.91 Å². The van der Waals surface area contributed by atoms with E-state index in [0.29, 0.717) is 30.0 Å². The molecule has 4 rings (SSSR count). The molecule has 6 nitrogen and oxygen atoms in total. The highest BCUT2D eigenvalue weighted by atomic mass is 32.1. The lowest BCUT2D eigenvalue weighted by atomic mass is 10.1. The second kappa shape index (κ2) is 8.34. The van der Waals surface area contributed by atoms with Gasteiger partial charge in [0.15, 0.2) is 5.69 Å². The summed E-state index contributed by atoms with van der Waals surface area (Å²) in [4.78, 5) is 15.4. The number of halogens is 1. The molecule has 1 amide bonds. The summed E-state index contributed by atoms with van der Waals surface area (Å²) in [5.41, 5.74) is 2.37. The normalized spacial score (nSPS) is 19.3. The van der Waals surface area contributed by atoms with E-state index in [1.165, 1.54) is 6.07 Å². The van der Waals surface area contributed by atoms with Crippen LogP contribution in [0.3, 0.4) is 0 Å². The predicted octanol–water partition coefficient (Wildman–Crippen LogP) is 3.82. The molecule has 2 aromatic heterocycles. The van der Waals surface area contributed by atoms with Crippen molar-refractivity contribution < 1.29 is 13.9 Å². The van der Waals surface area contributed by atoms with Crippen LogP contribution < -0.4 is 10.2 Å². The third-order valence-corrected chi connectivity index (χ3v) is 5.73. The Morgan fingerprint density at radius 1 is 1.31 bits per heavy atom. The molecule has 8 heteroatoms. The lowest BCUT2D eigenvalue weighted by molar-refractivity contribution is -0.00539. The van der Waals surface area contributed by atoms with Crippen LogP contribution in [0.25, 0.3) is 10.6 Å². The van der Waals surface area contributed by atoms with Crippen LogP contribution >= 0.6 is 11.3 Å². The van der Waals surface area contributed by atoms with Crippen molar-refractivity contribution in [3.8, 4) is 10.6 Å². The van der Waals surface area contributed by atoms with Crippen molar-refractivity contribution in [1.29, 1.82) is 0 Å². The number of rotatable bonds is 5. The van der Waals surface area contributed by atoms with Crippen LogP contribution in [-0.2, 0) is 11.3 Å². The van der Waals surface area contributed by atoms with Crippen molar-refractivity contribution in [2.75, 3.05) is 18.0 Å². The summed E-state index contributed by atoms with van der Waals surface area (Å²) >= 11 is 1.57. The number of hydrogen-bond acceptors (Lipinski definition) is 5. The number of ether oxygens (including phenoxy) is 1. The monoisotopic (exact) mass is 414 g/mol. The number of amides is 1. The Labute approximate surface area is 172 Å². The number of aromatic amines is 1. The first-order valence-electron chi connectivity index (χ1n) is 9.56. The number of thiophene rings is 1. The van der Waals surface area contributed by atoms with Crippen LogP contribution in [0, 0.1) is 5.82 Å². The van der Waals surface area contributed by atoms with Crippen LogP contribution in [0.5, 0.6) is 0 Å². The molecule has 3 heterocycles. The zero-order chi connectivity index (χ0) is 20.4. The number of nitrogens with one attached hydrogen (secondary N) is 2. The van der Waals surface area contributed by atoms with Crippen molar-refractivity contribution in [3.63, 3.8) is 0 Å². The summed E-state index contributed by atoms with van der Waals surface area (Å²) in [5.74, 6) is -0.595. The average Bonchev–Trinajstić information content (AvgIpc) is 3.36. The molecule has 0 spiro atoms. The molecule has 1 saturated heterocycles.